The standard InChI is InChI=1S/C11H11ClN2O3/c1-13-6-9(10(15)16)14(11(13)17)8-4-2-7(12)3-5-8/h2-5,9H,6H2,1H3,(H,15,16). The van der Waals surface area contributed by atoms with Crippen molar-refractivity contribution in [3.05, 3.63) is 29.3 Å². The predicted octanol–water partition coefficient (Wildman–Crippen LogP) is 1.66. The van der Waals surface area contributed by atoms with Crippen LogP contribution in [0.2, 0.25) is 5.02 Å². The summed E-state index contributed by atoms with van der Waals surface area (Å²) in [7, 11) is 1.58. The first-order valence-electron chi connectivity index (χ1n) is 5.03. The van der Waals surface area contributed by atoms with E-state index in [0.29, 0.717) is 10.7 Å². The van der Waals surface area contributed by atoms with Crippen LogP contribution in [0, 0.1) is 0 Å². The van der Waals surface area contributed by atoms with Crippen LogP contribution in [0.15, 0.2) is 24.3 Å². The molecule has 1 aliphatic heterocycles. The number of carboxylic acids is 1. The maximum atomic E-state index is 11.9. The van der Waals surface area contributed by atoms with Crippen LogP contribution in [0.3, 0.4) is 0 Å². The molecule has 1 aromatic carbocycles. The summed E-state index contributed by atoms with van der Waals surface area (Å²) < 4.78 is 0. The summed E-state index contributed by atoms with van der Waals surface area (Å²) in [5, 5.41) is 9.63. The Labute approximate surface area is 103 Å². The Morgan fingerprint density at radius 1 is 1.41 bits per heavy atom. The lowest BCUT2D eigenvalue weighted by Crippen LogP contribution is -2.39. The van der Waals surface area contributed by atoms with Crippen LogP contribution in [0.5, 0.6) is 0 Å². The monoisotopic (exact) mass is 254 g/mol. The molecule has 0 bridgehead atoms. The summed E-state index contributed by atoms with van der Waals surface area (Å²) in [5.41, 5.74) is 0.538. The summed E-state index contributed by atoms with van der Waals surface area (Å²) >= 11 is 5.75. The SMILES string of the molecule is CN1CC(C(=O)O)N(c2ccc(Cl)cc2)C1=O. The van der Waals surface area contributed by atoms with Crippen molar-refractivity contribution in [1.82, 2.24) is 4.90 Å². The number of carboxylic acid groups (broad SMARTS) is 1. The van der Waals surface area contributed by atoms with Crippen LogP contribution in [-0.2, 0) is 4.79 Å². The number of nitrogens with zero attached hydrogens (tertiary/aromatic N) is 2. The Morgan fingerprint density at radius 3 is 2.53 bits per heavy atom. The van der Waals surface area contributed by atoms with Crippen LogP contribution >= 0.6 is 11.6 Å². The molecule has 2 rings (SSSR count). The first-order chi connectivity index (χ1) is 8.00. The van der Waals surface area contributed by atoms with E-state index in [4.69, 9.17) is 16.7 Å². The molecule has 17 heavy (non-hydrogen) atoms. The van der Waals surface area contributed by atoms with E-state index in [1.165, 1.54) is 9.80 Å². The zero-order valence-electron chi connectivity index (χ0n) is 9.13. The molecular weight excluding hydrogens is 244 g/mol. The molecule has 6 heteroatoms. The highest BCUT2D eigenvalue weighted by Gasteiger charge is 2.40. The van der Waals surface area contributed by atoms with Crippen molar-refractivity contribution in [2.75, 3.05) is 18.5 Å². The van der Waals surface area contributed by atoms with Crippen LogP contribution < -0.4 is 4.90 Å². The quantitative estimate of drug-likeness (QED) is 0.873. The normalized spacial score (nSPS) is 19.9. The first-order valence-corrected chi connectivity index (χ1v) is 5.41. The Balaban J connectivity index is 2.37. The molecule has 90 valence electrons. The number of hydrogen-bond acceptors (Lipinski definition) is 2. The highest BCUT2D eigenvalue weighted by molar-refractivity contribution is 6.30. The molecule has 1 aromatic rings. The molecule has 0 radical (unpaired) electrons. The number of aliphatic carboxylic acids is 1. The van der Waals surface area contributed by atoms with E-state index < -0.39 is 12.0 Å². The molecule has 1 heterocycles. The van der Waals surface area contributed by atoms with Crippen LogP contribution in [0.4, 0.5) is 10.5 Å². The number of urea groups is 1. The zero-order chi connectivity index (χ0) is 12.6. The van der Waals surface area contributed by atoms with Crippen molar-refractivity contribution in [2.45, 2.75) is 6.04 Å². The van der Waals surface area contributed by atoms with E-state index in [1.807, 2.05) is 0 Å². The average Bonchev–Trinajstić information content (AvgIpc) is 2.57. The number of carbonyl (C=O) groups is 2. The molecule has 0 aliphatic carbocycles. The highest BCUT2D eigenvalue weighted by Crippen LogP contribution is 2.25. The second-order valence-corrected chi connectivity index (χ2v) is 4.30. The van der Waals surface area contributed by atoms with E-state index in [1.54, 1.807) is 31.3 Å². The van der Waals surface area contributed by atoms with Crippen molar-refractivity contribution < 1.29 is 14.7 Å². The minimum absolute atomic E-state index is 0.177. The molecular formula is C11H11ClN2O3. The lowest BCUT2D eigenvalue weighted by atomic mass is 10.2. The summed E-state index contributed by atoms with van der Waals surface area (Å²) in [6, 6.07) is 5.35. The molecule has 0 saturated carbocycles. The van der Waals surface area contributed by atoms with E-state index in [2.05, 4.69) is 0 Å². The van der Waals surface area contributed by atoms with Gasteiger partial charge in [0, 0.05) is 17.8 Å². The third kappa shape index (κ3) is 2.06. The second-order valence-electron chi connectivity index (χ2n) is 3.86. The zero-order valence-corrected chi connectivity index (χ0v) is 9.89. The minimum atomic E-state index is -1.02. The molecule has 1 saturated heterocycles. The lowest BCUT2D eigenvalue weighted by molar-refractivity contribution is -0.138. The Morgan fingerprint density at radius 2 is 2.00 bits per heavy atom. The van der Waals surface area contributed by atoms with Crippen LogP contribution in [0.25, 0.3) is 0 Å². The van der Waals surface area contributed by atoms with Gasteiger partial charge in [-0.15, -0.1) is 0 Å². The van der Waals surface area contributed by atoms with E-state index >= 15 is 0 Å². The number of carbonyl (C=O) groups excluding carboxylic acids is 1. The van der Waals surface area contributed by atoms with Gasteiger partial charge in [0.25, 0.3) is 0 Å². The first kappa shape index (κ1) is 11.7. The fraction of sp³-hybridized carbons (Fsp3) is 0.273. The molecule has 0 aromatic heterocycles. The highest BCUT2D eigenvalue weighted by atomic mass is 35.5. The van der Waals surface area contributed by atoms with Crippen molar-refractivity contribution in [1.29, 1.82) is 0 Å². The molecule has 2 amide bonds. The maximum absolute atomic E-state index is 11.9. The van der Waals surface area contributed by atoms with Gasteiger partial charge in [0.15, 0.2) is 6.04 Å². The topological polar surface area (TPSA) is 60.9 Å². The van der Waals surface area contributed by atoms with E-state index in [0.717, 1.165) is 0 Å². The van der Waals surface area contributed by atoms with E-state index in [-0.39, 0.29) is 12.6 Å². The van der Waals surface area contributed by atoms with Crippen LogP contribution in [0.1, 0.15) is 0 Å². The number of benzene rings is 1. The number of amides is 2. The minimum Gasteiger partial charge on any atom is -0.480 e. The van der Waals surface area contributed by atoms with Gasteiger partial charge in [-0.1, -0.05) is 11.6 Å². The number of anilines is 1. The van der Waals surface area contributed by atoms with Gasteiger partial charge in [0.2, 0.25) is 0 Å². The molecule has 1 N–H and O–H groups in total. The third-order valence-electron chi connectivity index (χ3n) is 2.68. The predicted molar refractivity (Wildman–Crippen MR) is 63.4 cm³/mol. The lowest BCUT2D eigenvalue weighted by Gasteiger charge is -2.20. The maximum Gasteiger partial charge on any atom is 0.328 e. The molecule has 1 fully saturated rings. The fourth-order valence-electron chi connectivity index (χ4n) is 1.82. The van der Waals surface area contributed by atoms with Gasteiger partial charge in [0.1, 0.15) is 0 Å². The van der Waals surface area contributed by atoms with Crippen molar-refractivity contribution >= 4 is 29.3 Å². The number of hydrogen-bond donors (Lipinski definition) is 1. The number of halogens is 1. The van der Waals surface area contributed by atoms with Gasteiger partial charge in [0.05, 0.1) is 6.54 Å². The second kappa shape index (κ2) is 4.25. The summed E-state index contributed by atoms with van der Waals surface area (Å²) in [5.74, 6) is -1.02. The summed E-state index contributed by atoms with van der Waals surface area (Å²) in [6.07, 6.45) is 0. The Kier molecular flexibility index (Phi) is 2.93. The summed E-state index contributed by atoms with van der Waals surface area (Å²) in [4.78, 5) is 25.6. The Hall–Kier alpha value is -1.75. The number of rotatable bonds is 2. The third-order valence-corrected chi connectivity index (χ3v) is 2.93. The smallest absolute Gasteiger partial charge is 0.328 e. The van der Waals surface area contributed by atoms with Crippen LogP contribution in [-0.4, -0.2) is 41.6 Å². The number of likely N-dealkylation sites (N-methyl/N-ethyl adjacent to an activating group) is 1. The van der Waals surface area contributed by atoms with Gasteiger partial charge >= 0.3 is 12.0 Å². The van der Waals surface area contributed by atoms with Gasteiger partial charge in [-0.3, -0.25) is 4.90 Å². The van der Waals surface area contributed by atoms with Gasteiger partial charge in [-0.2, -0.15) is 0 Å². The van der Waals surface area contributed by atoms with Crippen molar-refractivity contribution in [3.63, 3.8) is 0 Å². The van der Waals surface area contributed by atoms with Gasteiger partial charge in [-0.05, 0) is 24.3 Å². The summed E-state index contributed by atoms with van der Waals surface area (Å²) in [6.45, 7) is 0.177. The molecule has 5 nitrogen and oxygen atoms in total. The van der Waals surface area contributed by atoms with Gasteiger partial charge < -0.3 is 10.0 Å². The van der Waals surface area contributed by atoms with E-state index in [9.17, 15) is 9.59 Å². The molecule has 0 spiro atoms. The fourth-order valence-corrected chi connectivity index (χ4v) is 1.94. The Bertz CT molecular complexity index is 460. The largest absolute Gasteiger partial charge is 0.480 e. The van der Waals surface area contributed by atoms with Crippen molar-refractivity contribution in [3.8, 4) is 0 Å². The molecule has 1 aliphatic rings. The van der Waals surface area contributed by atoms with Gasteiger partial charge in [-0.25, -0.2) is 9.59 Å². The molecule has 1 unspecified atom stereocenters. The molecule has 1 atom stereocenters. The van der Waals surface area contributed by atoms with Crippen molar-refractivity contribution in [2.24, 2.45) is 0 Å². The average molecular weight is 255 g/mol.